The SMILES string of the molecule is Cc1ccc(-c2nc(-c3ccccc3)ncc2O)cc1. The van der Waals surface area contributed by atoms with Crippen LogP contribution < -0.4 is 0 Å². The molecular formula is C17H14N2O. The molecule has 0 atom stereocenters. The highest BCUT2D eigenvalue weighted by Gasteiger charge is 2.09. The largest absolute Gasteiger partial charge is 0.504 e. The zero-order valence-corrected chi connectivity index (χ0v) is 11.1. The Balaban J connectivity index is 2.10. The molecule has 3 heteroatoms. The van der Waals surface area contributed by atoms with Crippen LogP contribution in [0.3, 0.4) is 0 Å². The highest BCUT2D eigenvalue weighted by molar-refractivity contribution is 5.68. The Hall–Kier alpha value is -2.68. The number of benzene rings is 2. The second-order valence-electron chi connectivity index (χ2n) is 4.66. The summed E-state index contributed by atoms with van der Waals surface area (Å²) in [6.45, 7) is 2.03. The normalized spacial score (nSPS) is 10.4. The highest BCUT2D eigenvalue weighted by atomic mass is 16.3. The van der Waals surface area contributed by atoms with E-state index in [1.807, 2.05) is 61.5 Å². The molecule has 0 fully saturated rings. The molecule has 2 aromatic carbocycles. The van der Waals surface area contributed by atoms with Crippen molar-refractivity contribution >= 4 is 0 Å². The van der Waals surface area contributed by atoms with E-state index < -0.39 is 0 Å². The third-order valence-corrected chi connectivity index (χ3v) is 3.13. The molecule has 0 radical (unpaired) electrons. The Kier molecular flexibility index (Phi) is 3.17. The third-order valence-electron chi connectivity index (χ3n) is 3.13. The highest BCUT2D eigenvalue weighted by Crippen LogP contribution is 2.28. The van der Waals surface area contributed by atoms with Gasteiger partial charge in [-0.2, -0.15) is 0 Å². The summed E-state index contributed by atoms with van der Waals surface area (Å²) < 4.78 is 0. The Morgan fingerprint density at radius 1 is 0.850 bits per heavy atom. The smallest absolute Gasteiger partial charge is 0.160 e. The van der Waals surface area contributed by atoms with Crippen molar-refractivity contribution in [2.45, 2.75) is 6.92 Å². The Morgan fingerprint density at radius 3 is 2.25 bits per heavy atom. The van der Waals surface area contributed by atoms with Crippen LogP contribution in [0, 0.1) is 6.92 Å². The van der Waals surface area contributed by atoms with E-state index in [0.29, 0.717) is 11.5 Å². The molecule has 0 spiro atoms. The van der Waals surface area contributed by atoms with Crippen LogP contribution >= 0.6 is 0 Å². The van der Waals surface area contributed by atoms with Crippen molar-refractivity contribution in [2.75, 3.05) is 0 Å². The monoisotopic (exact) mass is 262 g/mol. The minimum atomic E-state index is 0.0912. The standard InChI is InChI=1S/C17H14N2O/c1-12-7-9-13(10-8-12)16-15(20)11-18-17(19-16)14-5-3-2-4-6-14/h2-11,20H,1H3. The van der Waals surface area contributed by atoms with Crippen molar-refractivity contribution in [3.63, 3.8) is 0 Å². The van der Waals surface area contributed by atoms with Gasteiger partial charge in [0.05, 0.1) is 6.20 Å². The van der Waals surface area contributed by atoms with Crippen LogP contribution in [0.1, 0.15) is 5.56 Å². The van der Waals surface area contributed by atoms with Crippen molar-refractivity contribution in [3.05, 3.63) is 66.4 Å². The van der Waals surface area contributed by atoms with Gasteiger partial charge in [-0.1, -0.05) is 60.2 Å². The minimum absolute atomic E-state index is 0.0912. The average molecular weight is 262 g/mol. The fraction of sp³-hybridized carbons (Fsp3) is 0.0588. The number of aromatic nitrogens is 2. The number of aryl methyl sites for hydroxylation is 1. The van der Waals surface area contributed by atoms with Gasteiger partial charge in [-0.3, -0.25) is 0 Å². The molecule has 0 bridgehead atoms. The lowest BCUT2D eigenvalue weighted by Gasteiger charge is -2.07. The lowest BCUT2D eigenvalue weighted by molar-refractivity contribution is 0.472. The van der Waals surface area contributed by atoms with Gasteiger partial charge in [0.25, 0.3) is 0 Å². The number of rotatable bonds is 2. The van der Waals surface area contributed by atoms with Gasteiger partial charge >= 0.3 is 0 Å². The molecular weight excluding hydrogens is 248 g/mol. The number of nitrogens with zero attached hydrogens (tertiary/aromatic N) is 2. The van der Waals surface area contributed by atoms with Crippen LogP contribution in [0.4, 0.5) is 0 Å². The molecule has 3 rings (SSSR count). The lowest BCUT2D eigenvalue weighted by Crippen LogP contribution is -1.92. The van der Waals surface area contributed by atoms with E-state index in [1.54, 1.807) is 0 Å². The summed E-state index contributed by atoms with van der Waals surface area (Å²) >= 11 is 0. The van der Waals surface area contributed by atoms with Gasteiger partial charge in [0.1, 0.15) is 5.69 Å². The summed E-state index contributed by atoms with van der Waals surface area (Å²) in [6.07, 6.45) is 1.45. The zero-order valence-electron chi connectivity index (χ0n) is 11.1. The van der Waals surface area contributed by atoms with E-state index >= 15 is 0 Å². The van der Waals surface area contributed by atoms with Crippen LogP contribution in [-0.2, 0) is 0 Å². The summed E-state index contributed by atoms with van der Waals surface area (Å²) in [5.41, 5.74) is 3.54. The second kappa shape index (κ2) is 5.13. The first-order valence-electron chi connectivity index (χ1n) is 6.42. The van der Waals surface area contributed by atoms with Gasteiger partial charge in [0, 0.05) is 11.1 Å². The van der Waals surface area contributed by atoms with Gasteiger partial charge in [-0.15, -0.1) is 0 Å². The Bertz CT molecular complexity index is 722. The quantitative estimate of drug-likeness (QED) is 0.763. The number of aromatic hydroxyl groups is 1. The van der Waals surface area contributed by atoms with Gasteiger partial charge in [0.15, 0.2) is 11.6 Å². The molecule has 3 nitrogen and oxygen atoms in total. The van der Waals surface area contributed by atoms with E-state index in [2.05, 4.69) is 9.97 Å². The number of hydrogen-bond acceptors (Lipinski definition) is 3. The van der Waals surface area contributed by atoms with Crippen molar-refractivity contribution in [1.29, 1.82) is 0 Å². The maximum atomic E-state index is 9.98. The molecule has 3 aromatic rings. The maximum absolute atomic E-state index is 9.98. The molecule has 0 unspecified atom stereocenters. The molecule has 98 valence electrons. The predicted molar refractivity (Wildman–Crippen MR) is 79.3 cm³/mol. The zero-order chi connectivity index (χ0) is 13.9. The van der Waals surface area contributed by atoms with Crippen molar-refractivity contribution in [1.82, 2.24) is 9.97 Å². The number of hydrogen-bond donors (Lipinski definition) is 1. The Labute approximate surface area is 117 Å². The van der Waals surface area contributed by atoms with Crippen molar-refractivity contribution in [2.24, 2.45) is 0 Å². The molecule has 0 aliphatic rings. The van der Waals surface area contributed by atoms with Gasteiger partial charge < -0.3 is 5.11 Å². The molecule has 1 heterocycles. The van der Waals surface area contributed by atoms with Crippen LogP contribution in [0.15, 0.2) is 60.8 Å². The first kappa shape index (κ1) is 12.4. The third kappa shape index (κ3) is 2.38. The van der Waals surface area contributed by atoms with E-state index in [9.17, 15) is 5.11 Å². The maximum Gasteiger partial charge on any atom is 0.160 e. The molecule has 0 aliphatic heterocycles. The van der Waals surface area contributed by atoms with Crippen LogP contribution in [-0.4, -0.2) is 15.1 Å². The van der Waals surface area contributed by atoms with Gasteiger partial charge in [-0.05, 0) is 6.92 Å². The van der Waals surface area contributed by atoms with Crippen LogP contribution in [0.5, 0.6) is 5.75 Å². The first-order chi connectivity index (χ1) is 9.74. The molecule has 1 N–H and O–H groups in total. The molecule has 0 saturated heterocycles. The van der Waals surface area contributed by atoms with Crippen LogP contribution in [0.25, 0.3) is 22.6 Å². The molecule has 1 aromatic heterocycles. The topological polar surface area (TPSA) is 46.0 Å². The molecule has 0 saturated carbocycles. The molecule has 0 aliphatic carbocycles. The van der Waals surface area contributed by atoms with Crippen LogP contribution in [0.2, 0.25) is 0 Å². The van der Waals surface area contributed by atoms with E-state index in [-0.39, 0.29) is 5.75 Å². The molecule has 20 heavy (non-hydrogen) atoms. The average Bonchev–Trinajstić information content (AvgIpc) is 2.50. The second-order valence-corrected chi connectivity index (χ2v) is 4.66. The summed E-state index contributed by atoms with van der Waals surface area (Å²) in [7, 11) is 0. The van der Waals surface area contributed by atoms with E-state index in [1.165, 1.54) is 11.8 Å². The fourth-order valence-corrected chi connectivity index (χ4v) is 2.03. The van der Waals surface area contributed by atoms with E-state index in [4.69, 9.17) is 0 Å². The van der Waals surface area contributed by atoms with Crippen molar-refractivity contribution < 1.29 is 5.11 Å². The van der Waals surface area contributed by atoms with Crippen molar-refractivity contribution in [3.8, 4) is 28.4 Å². The minimum Gasteiger partial charge on any atom is -0.504 e. The van der Waals surface area contributed by atoms with E-state index in [0.717, 1.165) is 11.1 Å². The predicted octanol–water partition coefficient (Wildman–Crippen LogP) is 3.82. The van der Waals surface area contributed by atoms with Gasteiger partial charge in [-0.25, -0.2) is 9.97 Å². The summed E-state index contributed by atoms with van der Waals surface area (Å²) in [4.78, 5) is 8.67. The summed E-state index contributed by atoms with van der Waals surface area (Å²) in [5.74, 6) is 0.701. The summed E-state index contributed by atoms with van der Waals surface area (Å²) in [6, 6.07) is 17.6. The van der Waals surface area contributed by atoms with Gasteiger partial charge in [0.2, 0.25) is 0 Å². The first-order valence-corrected chi connectivity index (χ1v) is 6.42. The lowest BCUT2D eigenvalue weighted by atomic mass is 10.1. The molecule has 0 amide bonds. The summed E-state index contributed by atoms with van der Waals surface area (Å²) in [5, 5.41) is 9.98. The Morgan fingerprint density at radius 2 is 1.55 bits per heavy atom. The fourth-order valence-electron chi connectivity index (χ4n) is 2.03.